The Morgan fingerprint density at radius 3 is 2.92 bits per heavy atom. The van der Waals surface area contributed by atoms with E-state index in [9.17, 15) is 9.59 Å². The van der Waals surface area contributed by atoms with Gasteiger partial charge in [-0.05, 0) is 32.1 Å². The third-order valence-corrected chi connectivity index (χ3v) is 3.56. The van der Waals surface area contributed by atoms with Gasteiger partial charge in [-0.15, -0.1) is 0 Å². The lowest BCUT2D eigenvalue weighted by Gasteiger charge is -2.30. The predicted molar refractivity (Wildman–Crippen MR) is 49.2 cm³/mol. The largest absolute Gasteiger partial charge is 0.300 e. The first-order valence-electron chi connectivity index (χ1n) is 5.07. The molecule has 2 heteroatoms. The van der Waals surface area contributed by atoms with Gasteiger partial charge in [-0.2, -0.15) is 0 Å². The SMILES string of the molecule is CC(=O)C[C@@]1(C)CC[C@@H]2C[C@@H]2C1=O. The summed E-state index contributed by atoms with van der Waals surface area (Å²) in [7, 11) is 0. The Balaban J connectivity index is 2.11. The molecule has 0 spiro atoms. The zero-order valence-electron chi connectivity index (χ0n) is 8.30. The van der Waals surface area contributed by atoms with E-state index in [1.54, 1.807) is 6.92 Å². The van der Waals surface area contributed by atoms with Gasteiger partial charge < -0.3 is 0 Å². The fourth-order valence-electron chi connectivity index (χ4n) is 2.69. The van der Waals surface area contributed by atoms with Crippen LogP contribution in [0.1, 0.15) is 39.5 Å². The molecule has 0 aromatic rings. The first-order valence-corrected chi connectivity index (χ1v) is 5.07. The van der Waals surface area contributed by atoms with Crippen LogP contribution in [0.3, 0.4) is 0 Å². The zero-order chi connectivity index (χ0) is 9.64. The Hall–Kier alpha value is -0.660. The van der Waals surface area contributed by atoms with E-state index >= 15 is 0 Å². The van der Waals surface area contributed by atoms with Crippen LogP contribution in [-0.4, -0.2) is 11.6 Å². The van der Waals surface area contributed by atoms with Crippen molar-refractivity contribution in [2.45, 2.75) is 39.5 Å². The highest BCUT2D eigenvalue weighted by molar-refractivity contribution is 5.93. The fraction of sp³-hybridized carbons (Fsp3) is 0.818. The summed E-state index contributed by atoms with van der Waals surface area (Å²) in [5.41, 5.74) is -0.316. The molecule has 0 amide bonds. The van der Waals surface area contributed by atoms with Crippen molar-refractivity contribution in [1.29, 1.82) is 0 Å². The van der Waals surface area contributed by atoms with Gasteiger partial charge in [0.15, 0.2) is 0 Å². The molecule has 0 aromatic carbocycles. The highest BCUT2D eigenvalue weighted by Gasteiger charge is 2.53. The van der Waals surface area contributed by atoms with Crippen LogP contribution < -0.4 is 0 Å². The number of rotatable bonds is 2. The van der Waals surface area contributed by atoms with Crippen molar-refractivity contribution in [3.8, 4) is 0 Å². The number of carbonyl (C=O) groups is 2. The average molecular weight is 180 g/mol. The van der Waals surface area contributed by atoms with Crippen molar-refractivity contribution in [3.63, 3.8) is 0 Å². The van der Waals surface area contributed by atoms with Gasteiger partial charge >= 0.3 is 0 Å². The minimum Gasteiger partial charge on any atom is -0.300 e. The van der Waals surface area contributed by atoms with E-state index < -0.39 is 0 Å². The van der Waals surface area contributed by atoms with Crippen LogP contribution in [0.25, 0.3) is 0 Å². The molecular weight excluding hydrogens is 164 g/mol. The van der Waals surface area contributed by atoms with E-state index in [1.807, 2.05) is 6.92 Å². The van der Waals surface area contributed by atoms with E-state index in [4.69, 9.17) is 0 Å². The van der Waals surface area contributed by atoms with Gasteiger partial charge in [0.2, 0.25) is 0 Å². The summed E-state index contributed by atoms with van der Waals surface area (Å²) in [5.74, 6) is 1.50. The summed E-state index contributed by atoms with van der Waals surface area (Å²) in [6, 6.07) is 0. The van der Waals surface area contributed by atoms with Crippen LogP contribution in [0.5, 0.6) is 0 Å². The molecule has 2 aliphatic rings. The molecule has 0 aromatic heterocycles. The first-order chi connectivity index (χ1) is 6.03. The lowest BCUT2D eigenvalue weighted by molar-refractivity contribution is -0.135. The molecule has 2 rings (SSSR count). The van der Waals surface area contributed by atoms with Gasteiger partial charge in [0, 0.05) is 17.8 Å². The third kappa shape index (κ3) is 1.43. The van der Waals surface area contributed by atoms with Crippen molar-refractivity contribution in [1.82, 2.24) is 0 Å². The van der Waals surface area contributed by atoms with Crippen LogP contribution >= 0.6 is 0 Å². The Labute approximate surface area is 78.7 Å². The van der Waals surface area contributed by atoms with Crippen LogP contribution in [-0.2, 0) is 9.59 Å². The normalized spacial score (nSPS) is 42.8. The summed E-state index contributed by atoms with van der Waals surface area (Å²) in [5, 5.41) is 0. The standard InChI is InChI=1S/C11H16O2/c1-7(12)6-11(2)4-3-8-5-9(8)10(11)13/h8-9H,3-6H2,1-2H3/t8-,9+,11-/m1/s1. The lowest BCUT2D eigenvalue weighted by atomic mass is 9.71. The van der Waals surface area contributed by atoms with E-state index in [1.165, 1.54) is 0 Å². The molecule has 0 saturated heterocycles. The maximum absolute atomic E-state index is 11.9. The summed E-state index contributed by atoms with van der Waals surface area (Å²) < 4.78 is 0. The Bertz CT molecular complexity index is 269. The van der Waals surface area contributed by atoms with E-state index in [0.29, 0.717) is 24.0 Å². The maximum Gasteiger partial charge on any atom is 0.142 e. The van der Waals surface area contributed by atoms with Gasteiger partial charge in [0.1, 0.15) is 11.6 Å². The second-order valence-electron chi connectivity index (χ2n) is 4.94. The van der Waals surface area contributed by atoms with Gasteiger partial charge in [-0.3, -0.25) is 9.59 Å². The number of Topliss-reactive ketones (excluding diaryl/α,β-unsaturated/α-hetero) is 2. The van der Waals surface area contributed by atoms with Crippen LogP contribution in [0.4, 0.5) is 0 Å². The summed E-state index contributed by atoms with van der Waals surface area (Å²) in [6.45, 7) is 3.54. The molecule has 0 N–H and O–H groups in total. The Morgan fingerprint density at radius 2 is 2.31 bits per heavy atom. The molecule has 3 atom stereocenters. The van der Waals surface area contributed by atoms with Crippen LogP contribution in [0, 0.1) is 17.3 Å². The van der Waals surface area contributed by atoms with Gasteiger partial charge in [0.05, 0.1) is 0 Å². The van der Waals surface area contributed by atoms with Gasteiger partial charge in [0.25, 0.3) is 0 Å². The summed E-state index contributed by atoms with van der Waals surface area (Å²) >= 11 is 0. The molecule has 2 fully saturated rings. The summed E-state index contributed by atoms with van der Waals surface area (Å²) in [6.07, 6.45) is 3.62. The molecule has 13 heavy (non-hydrogen) atoms. The molecule has 0 heterocycles. The molecule has 0 bridgehead atoms. The molecule has 2 saturated carbocycles. The van der Waals surface area contributed by atoms with E-state index in [-0.39, 0.29) is 11.2 Å². The van der Waals surface area contributed by atoms with E-state index in [2.05, 4.69) is 0 Å². The second-order valence-corrected chi connectivity index (χ2v) is 4.94. The van der Waals surface area contributed by atoms with Gasteiger partial charge in [-0.25, -0.2) is 0 Å². The number of hydrogen-bond donors (Lipinski definition) is 0. The number of fused-ring (bicyclic) bond motifs is 1. The second kappa shape index (κ2) is 2.66. The number of ketones is 2. The van der Waals surface area contributed by atoms with Crippen molar-refractivity contribution in [2.75, 3.05) is 0 Å². The minimum absolute atomic E-state index is 0.148. The molecule has 0 unspecified atom stereocenters. The quantitative estimate of drug-likeness (QED) is 0.651. The molecule has 2 aliphatic carbocycles. The smallest absolute Gasteiger partial charge is 0.142 e. The summed E-state index contributed by atoms with van der Waals surface area (Å²) in [4.78, 5) is 22.9. The maximum atomic E-state index is 11.9. The highest BCUT2D eigenvalue weighted by Crippen LogP contribution is 2.54. The first kappa shape index (κ1) is 8.92. The fourth-order valence-corrected chi connectivity index (χ4v) is 2.69. The van der Waals surface area contributed by atoms with Crippen molar-refractivity contribution >= 4 is 11.6 Å². The average Bonchev–Trinajstić information content (AvgIpc) is 2.75. The van der Waals surface area contributed by atoms with Crippen LogP contribution in [0.2, 0.25) is 0 Å². The van der Waals surface area contributed by atoms with E-state index in [0.717, 1.165) is 19.3 Å². The zero-order valence-corrected chi connectivity index (χ0v) is 8.30. The molecule has 0 aliphatic heterocycles. The Kier molecular flexibility index (Phi) is 1.83. The minimum atomic E-state index is -0.316. The Morgan fingerprint density at radius 1 is 1.62 bits per heavy atom. The van der Waals surface area contributed by atoms with Crippen molar-refractivity contribution in [3.05, 3.63) is 0 Å². The highest BCUT2D eigenvalue weighted by atomic mass is 16.1. The number of carbonyl (C=O) groups excluding carboxylic acids is 2. The monoisotopic (exact) mass is 180 g/mol. The predicted octanol–water partition coefficient (Wildman–Crippen LogP) is 1.97. The molecular formula is C11H16O2. The van der Waals surface area contributed by atoms with Crippen molar-refractivity contribution < 1.29 is 9.59 Å². The number of hydrogen-bond acceptors (Lipinski definition) is 2. The molecule has 0 radical (unpaired) electrons. The van der Waals surface area contributed by atoms with Crippen LogP contribution in [0.15, 0.2) is 0 Å². The van der Waals surface area contributed by atoms with Crippen molar-refractivity contribution in [2.24, 2.45) is 17.3 Å². The third-order valence-electron chi connectivity index (χ3n) is 3.56. The molecule has 72 valence electrons. The molecule has 2 nitrogen and oxygen atoms in total. The lowest BCUT2D eigenvalue weighted by Crippen LogP contribution is -2.34. The van der Waals surface area contributed by atoms with Gasteiger partial charge in [-0.1, -0.05) is 6.92 Å². The topological polar surface area (TPSA) is 34.1 Å².